The Morgan fingerprint density at radius 1 is 1.35 bits per heavy atom. The molecule has 2 saturated carbocycles. The molecule has 3 fully saturated rings. The molecule has 1 heterocycles. The summed E-state index contributed by atoms with van der Waals surface area (Å²) in [7, 11) is 0. The predicted molar refractivity (Wildman–Crippen MR) is 66.3 cm³/mol. The van der Waals surface area contributed by atoms with E-state index in [-0.39, 0.29) is 23.4 Å². The van der Waals surface area contributed by atoms with Crippen molar-refractivity contribution >= 4 is 5.97 Å². The van der Waals surface area contributed by atoms with E-state index in [4.69, 9.17) is 4.74 Å². The van der Waals surface area contributed by atoms with Gasteiger partial charge in [-0.15, -0.1) is 0 Å². The first kappa shape index (κ1) is 11.1. The Morgan fingerprint density at radius 3 is 2.76 bits per heavy atom. The van der Waals surface area contributed by atoms with Crippen molar-refractivity contribution in [3.05, 3.63) is 24.3 Å². The molecule has 0 N–H and O–H groups in total. The second kappa shape index (κ2) is 3.47. The lowest BCUT2D eigenvalue weighted by Gasteiger charge is -2.46. The third-order valence-corrected chi connectivity index (χ3v) is 5.34. The molecular formula is C15H20O2. The van der Waals surface area contributed by atoms with Gasteiger partial charge in [0.2, 0.25) is 0 Å². The highest BCUT2D eigenvalue weighted by Crippen LogP contribution is 2.60. The van der Waals surface area contributed by atoms with E-state index in [0.717, 1.165) is 19.3 Å². The average molecular weight is 232 g/mol. The fraction of sp³-hybridized carbons (Fsp3) is 0.667. The van der Waals surface area contributed by atoms with Crippen LogP contribution in [0.4, 0.5) is 0 Å². The summed E-state index contributed by atoms with van der Waals surface area (Å²) in [4.78, 5) is 11.7. The first-order chi connectivity index (χ1) is 8.07. The molecule has 0 bridgehead atoms. The quantitative estimate of drug-likeness (QED) is 0.364. The van der Waals surface area contributed by atoms with E-state index in [1.54, 1.807) is 0 Å². The van der Waals surface area contributed by atoms with Crippen LogP contribution in [0.5, 0.6) is 0 Å². The number of hydrogen-bond donors (Lipinski definition) is 0. The molecule has 3 rings (SSSR count). The van der Waals surface area contributed by atoms with E-state index >= 15 is 0 Å². The van der Waals surface area contributed by atoms with Crippen molar-refractivity contribution in [3.63, 3.8) is 0 Å². The number of ether oxygens (including phenoxy) is 1. The fourth-order valence-electron chi connectivity index (χ4n) is 4.31. The van der Waals surface area contributed by atoms with Gasteiger partial charge in [0.1, 0.15) is 6.10 Å². The molecule has 92 valence electrons. The lowest BCUT2D eigenvalue weighted by atomic mass is 9.60. The molecule has 0 radical (unpaired) electrons. The van der Waals surface area contributed by atoms with Crippen LogP contribution in [0.1, 0.15) is 39.0 Å². The summed E-state index contributed by atoms with van der Waals surface area (Å²) in [6.07, 6.45) is 5.64. The van der Waals surface area contributed by atoms with Crippen LogP contribution in [0.3, 0.4) is 0 Å². The Balaban J connectivity index is 2.04. The lowest BCUT2D eigenvalue weighted by Crippen LogP contribution is -2.45. The Hall–Kier alpha value is -1.05. The second-order valence-electron chi connectivity index (χ2n) is 5.93. The van der Waals surface area contributed by atoms with Gasteiger partial charge in [-0.2, -0.15) is 0 Å². The molecule has 2 heteroatoms. The van der Waals surface area contributed by atoms with E-state index in [2.05, 4.69) is 20.1 Å². The fourth-order valence-corrected chi connectivity index (χ4v) is 4.31. The molecule has 17 heavy (non-hydrogen) atoms. The first-order valence-corrected chi connectivity index (χ1v) is 6.65. The maximum absolute atomic E-state index is 11.7. The lowest BCUT2D eigenvalue weighted by molar-refractivity contribution is -0.146. The Kier molecular flexibility index (Phi) is 2.26. The number of esters is 1. The third kappa shape index (κ3) is 1.24. The molecule has 1 aliphatic heterocycles. The minimum absolute atomic E-state index is 0.0289. The summed E-state index contributed by atoms with van der Waals surface area (Å²) in [5.41, 5.74) is 2.06. The van der Waals surface area contributed by atoms with Gasteiger partial charge in [-0.25, -0.2) is 4.79 Å². The molecule has 0 aromatic heterocycles. The van der Waals surface area contributed by atoms with E-state index < -0.39 is 0 Å². The SMILES string of the molecule is C=C1C(=O)OC2C1CCC(=C)C21CCCC1C. The van der Waals surface area contributed by atoms with Crippen molar-refractivity contribution in [2.24, 2.45) is 17.3 Å². The van der Waals surface area contributed by atoms with Crippen molar-refractivity contribution in [2.45, 2.75) is 45.1 Å². The van der Waals surface area contributed by atoms with E-state index in [0.29, 0.717) is 11.5 Å². The summed E-state index contributed by atoms with van der Waals surface area (Å²) in [5.74, 6) is 0.656. The summed E-state index contributed by atoms with van der Waals surface area (Å²) in [5, 5.41) is 0. The summed E-state index contributed by atoms with van der Waals surface area (Å²) in [6, 6.07) is 0. The molecule has 0 amide bonds. The Morgan fingerprint density at radius 2 is 2.12 bits per heavy atom. The molecule has 1 spiro atoms. The maximum atomic E-state index is 11.7. The topological polar surface area (TPSA) is 26.3 Å². The summed E-state index contributed by atoms with van der Waals surface area (Å²) in [6.45, 7) is 10.5. The number of carbonyl (C=O) groups is 1. The highest BCUT2D eigenvalue weighted by molar-refractivity contribution is 5.91. The molecule has 4 unspecified atom stereocenters. The normalized spacial score (nSPS) is 45.2. The van der Waals surface area contributed by atoms with Gasteiger partial charge >= 0.3 is 5.97 Å². The van der Waals surface area contributed by atoms with Crippen LogP contribution in [-0.4, -0.2) is 12.1 Å². The van der Waals surface area contributed by atoms with Crippen molar-refractivity contribution in [1.82, 2.24) is 0 Å². The molecule has 1 saturated heterocycles. The highest BCUT2D eigenvalue weighted by Gasteiger charge is 2.58. The van der Waals surface area contributed by atoms with Gasteiger partial charge in [-0.3, -0.25) is 0 Å². The average Bonchev–Trinajstić information content (AvgIpc) is 2.80. The molecule has 0 aromatic rings. The summed E-state index contributed by atoms with van der Waals surface area (Å²) >= 11 is 0. The van der Waals surface area contributed by atoms with Crippen LogP contribution in [0.25, 0.3) is 0 Å². The summed E-state index contributed by atoms with van der Waals surface area (Å²) < 4.78 is 5.66. The van der Waals surface area contributed by atoms with Gasteiger partial charge in [0.15, 0.2) is 0 Å². The van der Waals surface area contributed by atoms with Gasteiger partial charge in [-0.05, 0) is 31.6 Å². The Labute approximate surface area is 103 Å². The standard InChI is InChI=1S/C15H20O2/c1-9-5-4-8-15(9)10(2)6-7-12-11(3)14(16)17-13(12)15/h9,12-13H,2-8H2,1H3. The Bertz CT molecular complexity index is 409. The van der Waals surface area contributed by atoms with Gasteiger partial charge in [0.25, 0.3) is 0 Å². The van der Waals surface area contributed by atoms with E-state index in [9.17, 15) is 4.79 Å². The van der Waals surface area contributed by atoms with Crippen molar-refractivity contribution in [1.29, 1.82) is 0 Å². The zero-order valence-electron chi connectivity index (χ0n) is 10.5. The van der Waals surface area contributed by atoms with Crippen molar-refractivity contribution < 1.29 is 9.53 Å². The van der Waals surface area contributed by atoms with Crippen molar-refractivity contribution in [2.75, 3.05) is 0 Å². The molecule has 2 nitrogen and oxygen atoms in total. The minimum atomic E-state index is -0.173. The highest BCUT2D eigenvalue weighted by atomic mass is 16.6. The molecule has 4 atom stereocenters. The van der Waals surface area contributed by atoms with Crippen LogP contribution in [-0.2, 0) is 9.53 Å². The van der Waals surface area contributed by atoms with Gasteiger partial charge in [0.05, 0.1) is 0 Å². The first-order valence-electron chi connectivity index (χ1n) is 6.65. The monoisotopic (exact) mass is 232 g/mol. The third-order valence-electron chi connectivity index (χ3n) is 5.34. The minimum Gasteiger partial charge on any atom is -0.457 e. The number of hydrogen-bond acceptors (Lipinski definition) is 2. The van der Waals surface area contributed by atoms with Crippen LogP contribution >= 0.6 is 0 Å². The van der Waals surface area contributed by atoms with Crippen molar-refractivity contribution in [3.8, 4) is 0 Å². The zero-order valence-corrected chi connectivity index (χ0v) is 10.5. The molecule has 3 aliphatic rings. The van der Waals surface area contributed by atoms with Crippen LogP contribution < -0.4 is 0 Å². The maximum Gasteiger partial charge on any atom is 0.334 e. The second-order valence-corrected chi connectivity index (χ2v) is 5.93. The largest absolute Gasteiger partial charge is 0.457 e. The van der Waals surface area contributed by atoms with E-state index in [1.807, 2.05) is 0 Å². The van der Waals surface area contributed by atoms with E-state index in [1.165, 1.54) is 18.4 Å². The van der Waals surface area contributed by atoms with Gasteiger partial charge in [-0.1, -0.05) is 32.1 Å². The number of carbonyl (C=O) groups excluding carboxylic acids is 1. The van der Waals surface area contributed by atoms with Crippen LogP contribution in [0, 0.1) is 17.3 Å². The van der Waals surface area contributed by atoms with Gasteiger partial charge < -0.3 is 4.74 Å². The molecular weight excluding hydrogens is 212 g/mol. The van der Waals surface area contributed by atoms with Crippen LogP contribution in [0.15, 0.2) is 24.3 Å². The zero-order chi connectivity index (χ0) is 12.2. The molecule has 0 aromatic carbocycles. The molecule has 2 aliphatic carbocycles. The number of fused-ring (bicyclic) bond motifs is 2. The van der Waals surface area contributed by atoms with Crippen LogP contribution in [0.2, 0.25) is 0 Å². The predicted octanol–water partition coefficient (Wildman–Crippen LogP) is 3.24. The number of rotatable bonds is 0. The smallest absolute Gasteiger partial charge is 0.334 e. The van der Waals surface area contributed by atoms with Gasteiger partial charge in [0, 0.05) is 16.9 Å².